The quantitative estimate of drug-likeness (QED) is 0.741. The molecule has 1 spiro atoms. The molecule has 1 aliphatic heterocycles. The summed E-state index contributed by atoms with van der Waals surface area (Å²) < 4.78 is 39.4. The van der Waals surface area contributed by atoms with Gasteiger partial charge < -0.3 is 9.47 Å². The van der Waals surface area contributed by atoms with Crippen LogP contribution in [-0.4, -0.2) is 45.7 Å². The lowest BCUT2D eigenvalue weighted by Gasteiger charge is -2.57. The molecule has 0 radical (unpaired) electrons. The van der Waals surface area contributed by atoms with E-state index in [0.29, 0.717) is 19.6 Å². The molecule has 0 aromatic rings. The standard InChI is InChI=1S/C13H24O5S/c1-12(2,3)17-10-9-11(18-19(4,14)15)13(10)5-7-16-8-6-13/h10-11H,5-9H2,1-4H3. The highest BCUT2D eigenvalue weighted by Gasteiger charge is 2.59. The van der Waals surface area contributed by atoms with Crippen LogP contribution in [0.1, 0.15) is 40.0 Å². The van der Waals surface area contributed by atoms with Crippen LogP contribution in [0, 0.1) is 5.41 Å². The van der Waals surface area contributed by atoms with Crippen LogP contribution in [-0.2, 0) is 23.8 Å². The molecule has 2 rings (SSSR count). The molecule has 0 bridgehead atoms. The maximum absolute atomic E-state index is 11.4. The van der Waals surface area contributed by atoms with Gasteiger partial charge in [0.2, 0.25) is 0 Å². The van der Waals surface area contributed by atoms with Crippen LogP contribution in [0.25, 0.3) is 0 Å². The van der Waals surface area contributed by atoms with E-state index < -0.39 is 10.1 Å². The zero-order valence-corrected chi connectivity index (χ0v) is 13.0. The van der Waals surface area contributed by atoms with Gasteiger partial charge in [0.15, 0.2) is 0 Å². The van der Waals surface area contributed by atoms with Crippen molar-refractivity contribution < 1.29 is 22.1 Å². The third kappa shape index (κ3) is 3.48. The van der Waals surface area contributed by atoms with Gasteiger partial charge in [-0.2, -0.15) is 8.42 Å². The van der Waals surface area contributed by atoms with Crippen molar-refractivity contribution in [1.29, 1.82) is 0 Å². The Morgan fingerprint density at radius 2 is 1.74 bits per heavy atom. The number of ether oxygens (including phenoxy) is 2. The lowest BCUT2D eigenvalue weighted by atomic mass is 9.59. The first-order valence-electron chi connectivity index (χ1n) is 6.76. The predicted molar refractivity (Wildman–Crippen MR) is 71.4 cm³/mol. The summed E-state index contributed by atoms with van der Waals surface area (Å²) in [6.45, 7) is 7.35. The van der Waals surface area contributed by atoms with Crippen LogP contribution < -0.4 is 0 Å². The van der Waals surface area contributed by atoms with Gasteiger partial charge in [0.05, 0.1) is 24.1 Å². The highest BCUT2D eigenvalue weighted by atomic mass is 32.2. The lowest BCUT2D eigenvalue weighted by Crippen LogP contribution is -2.63. The highest BCUT2D eigenvalue weighted by molar-refractivity contribution is 7.86. The summed E-state index contributed by atoms with van der Waals surface area (Å²) in [5.41, 5.74) is -0.430. The topological polar surface area (TPSA) is 61.8 Å². The van der Waals surface area contributed by atoms with Crippen LogP contribution in [0.2, 0.25) is 0 Å². The number of rotatable bonds is 3. The molecule has 6 heteroatoms. The van der Waals surface area contributed by atoms with Gasteiger partial charge in [-0.1, -0.05) is 0 Å². The van der Waals surface area contributed by atoms with Crippen molar-refractivity contribution in [3.8, 4) is 0 Å². The van der Waals surface area contributed by atoms with E-state index in [4.69, 9.17) is 13.7 Å². The van der Waals surface area contributed by atoms with E-state index in [2.05, 4.69) is 0 Å². The van der Waals surface area contributed by atoms with Gasteiger partial charge in [-0.3, -0.25) is 4.18 Å². The molecule has 2 fully saturated rings. The maximum atomic E-state index is 11.4. The molecule has 0 aromatic carbocycles. The Morgan fingerprint density at radius 1 is 1.16 bits per heavy atom. The molecule has 2 aliphatic rings. The second kappa shape index (κ2) is 4.98. The Labute approximate surface area is 115 Å². The molecule has 1 aliphatic carbocycles. The summed E-state index contributed by atoms with van der Waals surface area (Å²) in [7, 11) is -3.42. The molecule has 0 N–H and O–H groups in total. The molecule has 5 nitrogen and oxygen atoms in total. The van der Waals surface area contributed by atoms with Crippen molar-refractivity contribution in [2.45, 2.75) is 57.8 Å². The van der Waals surface area contributed by atoms with Gasteiger partial charge in [0.1, 0.15) is 0 Å². The zero-order valence-electron chi connectivity index (χ0n) is 12.1. The van der Waals surface area contributed by atoms with E-state index in [1.807, 2.05) is 20.8 Å². The summed E-state index contributed by atoms with van der Waals surface area (Å²) in [6.07, 6.45) is 3.14. The summed E-state index contributed by atoms with van der Waals surface area (Å²) in [5, 5.41) is 0. The Hall–Kier alpha value is -0.170. The second-order valence-electron chi connectivity index (χ2n) is 6.59. The third-order valence-electron chi connectivity index (χ3n) is 3.92. The first-order valence-corrected chi connectivity index (χ1v) is 8.58. The normalized spacial score (nSPS) is 31.2. The lowest BCUT2D eigenvalue weighted by molar-refractivity contribution is -0.241. The molecular weight excluding hydrogens is 268 g/mol. The minimum absolute atomic E-state index is 0.0585. The van der Waals surface area contributed by atoms with Gasteiger partial charge in [0, 0.05) is 25.0 Å². The van der Waals surface area contributed by atoms with Crippen molar-refractivity contribution in [2.75, 3.05) is 19.5 Å². The maximum Gasteiger partial charge on any atom is 0.264 e. The fourth-order valence-corrected chi connectivity index (χ4v) is 3.74. The summed E-state index contributed by atoms with van der Waals surface area (Å²) in [4.78, 5) is 0. The smallest absolute Gasteiger partial charge is 0.264 e. The highest BCUT2D eigenvalue weighted by Crippen LogP contribution is 2.53. The molecule has 1 saturated heterocycles. The Balaban J connectivity index is 2.12. The van der Waals surface area contributed by atoms with Crippen LogP contribution in [0.5, 0.6) is 0 Å². The monoisotopic (exact) mass is 292 g/mol. The molecule has 0 amide bonds. The van der Waals surface area contributed by atoms with Crippen LogP contribution >= 0.6 is 0 Å². The fraction of sp³-hybridized carbons (Fsp3) is 1.00. The minimum Gasteiger partial charge on any atom is -0.381 e. The molecule has 112 valence electrons. The molecule has 1 saturated carbocycles. The Kier molecular flexibility index (Phi) is 3.99. The summed E-state index contributed by atoms with van der Waals surface area (Å²) in [5.74, 6) is 0. The van der Waals surface area contributed by atoms with Crippen molar-refractivity contribution >= 4 is 10.1 Å². The average molecular weight is 292 g/mol. The molecule has 2 unspecified atom stereocenters. The molecule has 19 heavy (non-hydrogen) atoms. The van der Waals surface area contributed by atoms with Crippen LogP contribution in [0.4, 0.5) is 0 Å². The molecular formula is C13H24O5S. The third-order valence-corrected chi connectivity index (χ3v) is 4.50. The number of hydrogen-bond donors (Lipinski definition) is 0. The van der Waals surface area contributed by atoms with Crippen molar-refractivity contribution in [1.82, 2.24) is 0 Å². The minimum atomic E-state index is -3.42. The van der Waals surface area contributed by atoms with Crippen molar-refractivity contribution in [3.63, 3.8) is 0 Å². The first-order chi connectivity index (χ1) is 8.62. The second-order valence-corrected chi connectivity index (χ2v) is 8.19. The van der Waals surface area contributed by atoms with Crippen LogP contribution in [0.3, 0.4) is 0 Å². The van der Waals surface area contributed by atoms with E-state index in [-0.39, 0.29) is 23.2 Å². The van der Waals surface area contributed by atoms with Gasteiger partial charge in [-0.15, -0.1) is 0 Å². The SMILES string of the molecule is CC(C)(C)OC1CC(OS(C)(=O)=O)C12CCOCC2. The van der Waals surface area contributed by atoms with Gasteiger partial charge in [0.25, 0.3) is 10.1 Å². The molecule has 0 aromatic heterocycles. The Morgan fingerprint density at radius 3 is 2.21 bits per heavy atom. The van der Waals surface area contributed by atoms with E-state index in [1.165, 1.54) is 0 Å². The van der Waals surface area contributed by atoms with Crippen LogP contribution in [0.15, 0.2) is 0 Å². The zero-order chi connectivity index (χ0) is 14.3. The predicted octanol–water partition coefficient (Wildman–Crippen LogP) is 1.72. The largest absolute Gasteiger partial charge is 0.381 e. The fourth-order valence-electron chi connectivity index (χ4n) is 3.04. The number of hydrogen-bond acceptors (Lipinski definition) is 5. The Bertz CT molecular complexity index is 417. The average Bonchev–Trinajstić information content (AvgIpc) is 2.25. The van der Waals surface area contributed by atoms with E-state index in [0.717, 1.165) is 19.1 Å². The van der Waals surface area contributed by atoms with E-state index in [9.17, 15) is 8.42 Å². The van der Waals surface area contributed by atoms with Crippen molar-refractivity contribution in [2.24, 2.45) is 5.41 Å². The molecule has 2 atom stereocenters. The van der Waals surface area contributed by atoms with E-state index in [1.54, 1.807) is 0 Å². The molecule has 1 heterocycles. The summed E-state index contributed by atoms with van der Waals surface area (Å²) in [6, 6.07) is 0. The van der Waals surface area contributed by atoms with Crippen molar-refractivity contribution in [3.05, 3.63) is 0 Å². The van der Waals surface area contributed by atoms with Gasteiger partial charge >= 0.3 is 0 Å². The van der Waals surface area contributed by atoms with Gasteiger partial charge in [-0.05, 0) is 33.6 Å². The van der Waals surface area contributed by atoms with E-state index >= 15 is 0 Å². The summed E-state index contributed by atoms with van der Waals surface area (Å²) >= 11 is 0. The van der Waals surface area contributed by atoms with Gasteiger partial charge in [-0.25, -0.2) is 0 Å². The first kappa shape index (κ1) is 15.2.